The molecule has 1 fully saturated rings. The third-order valence-electron chi connectivity index (χ3n) is 2.88. The molecule has 5 nitrogen and oxygen atoms in total. The highest BCUT2D eigenvalue weighted by Gasteiger charge is 2.29. The lowest BCUT2D eigenvalue weighted by Crippen LogP contribution is -2.23. The lowest BCUT2D eigenvalue weighted by Gasteiger charge is -2.18. The van der Waals surface area contributed by atoms with E-state index in [0.717, 1.165) is 19.5 Å². The number of hydrogen-bond donors (Lipinski definition) is 1. The second kappa shape index (κ2) is 4.28. The van der Waals surface area contributed by atoms with Gasteiger partial charge in [-0.15, -0.1) is 0 Å². The fourth-order valence-corrected chi connectivity index (χ4v) is 2.05. The van der Waals surface area contributed by atoms with E-state index in [1.165, 1.54) is 6.42 Å². The molecule has 1 aliphatic heterocycles. The molecular weight excluding hydrogens is 194 g/mol. The predicted molar refractivity (Wildman–Crippen MR) is 54.2 cm³/mol. The maximum absolute atomic E-state index is 9.29. The van der Waals surface area contributed by atoms with Gasteiger partial charge in [0.25, 0.3) is 5.89 Å². The molecule has 0 saturated carbocycles. The molecule has 2 atom stereocenters. The molecular formula is C10H17N3O2. The van der Waals surface area contributed by atoms with Crippen molar-refractivity contribution in [3.63, 3.8) is 0 Å². The van der Waals surface area contributed by atoms with Gasteiger partial charge in [-0.25, -0.2) is 0 Å². The van der Waals surface area contributed by atoms with Crippen molar-refractivity contribution >= 4 is 0 Å². The van der Waals surface area contributed by atoms with Crippen molar-refractivity contribution in [3.05, 3.63) is 11.7 Å². The number of aliphatic hydroxyl groups is 1. The van der Waals surface area contributed by atoms with E-state index < -0.39 is 6.10 Å². The minimum absolute atomic E-state index is 0.270. The van der Waals surface area contributed by atoms with E-state index >= 15 is 0 Å². The van der Waals surface area contributed by atoms with Gasteiger partial charge in [-0.05, 0) is 32.9 Å². The molecule has 2 rings (SSSR count). The molecule has 1 aliphatic rings. The van der Waals surface area contributed by atoms with Crippen LogP contribution >= 0.6 is 0 Å². The summed E-state index contributed by atoms with van der Waals surface area (Å²) < 4.78 is 4.99. The molecule has 1 N–H and O–H groups in total. The van der Waals surface area contributed by atoms with Crippen molar-refractivity contribution < 1.29 is 9.63 Å². The fourth-order valence-electron chi connectivity index (χ4n) is 2.05. The Morgan fingerprint density at radius 3 is 3.07 bits per heavy atom. The average molecular weight is 211 g/mol. The summed E-state index contributed by atoms with van der Waals surface area (Å²) in [5, 5.41) is 13.2. The van der Waals surface area contributed by atoms with Crippen molar-refractivity contribution in [2.24, 2.45) is 0 Å². The molecule has 5 heteroatoms. The van der Waals surface area contributed by atoms with Gasteiger partial charge in [-0.3, -0.25) is 4.90 Å². The molecule has 0 radical (unpaired) electrons. The smallest absolute Gasteiger partial charge is 0.255 e. The maximum Gasteiger partial charge on any atom is 0.255 e. The molecule has 0 spiro atoms. The molecule has 15 heavy (non-hydrogen) atoms. The van der Waals surface area contributed by atoms with Crippen LogP contribution in [-0.4, -0.2) is 33.2 Å². The second-order valence-corrected chi connectivity index (χ2v) is 3.95. The third-order valence-corrected chi connectivity index (χ3v) is 2.88. The normalized spacial score (nSPS) is 24.6. The van der Waals surface area contributed by atoms with E-state index in [0.29, 0.717) is 11.7 Å². The van der Waals surface area contributed by atoms with Crippen LogP contribution in [0.15, 0.2) is 4.52 Å². The number of aromatic nitrogens is 2. The Morgan fingerprint density at radius 2 is 2.47 bits per heavy atom. The Morgan fingerprint density at radius 1 is 1.67 bits per heavy atom. The quantitative estimate of drug-likeness (QED) is 0.816. The first kappa shape index (κ1) is 10.6. The highest BCUT2D eigenvalue weighted by Crippen LogP contribution is 2.29. The van der Waals surface area contributed by atoms with Gasteiger partial charge < -0.3 is 9.63 Å². The first-order valence-electron chi connectivity index (χ1n) is 5.48. The molecule has 0 amide bonds. The van der Waals surface area contributed by atoms with E-state index in [2.05, 4.69) is 22.0 Å². The van der Waals surface area contributed by atoms with Gasteiger partial charge in [-0.1, -0.05) is 12.1 Å². The van der Waals surface area contributed by atoms with Crippen LogP contribution in [0.3, 0.4) is 0 Å². The Kier molecular flexibility index (Phi) is 3.02. The molecule has 1 aromatic rings. The van der Waals surface area contributed by atoms with E-state index in [9.17, 15) is 5.11 Å². The number of hydrogen-bond acceptors (Lipinski definition) is 5. The van der Waals surface area contributed by atoms with Gasteiger partial charge in [-0.2, -0.15) is 4.98 Å². The van der Waals surface area contributed by atoms with Gasteiger partial charge in [0.2, 0.25) is 0 Å². The highest BCUT2D eigenvalue weighted by atomic mass is 16.5. The van der Waals surface area contributed by atoms with Crippen molar-refractivity contribution in [1.82, 2.24) is 15.0 Å². The summed E-state index contributed by atoms with van der Waals surface area (Å²) in [6.07, 6.45) is 1.58. The van der Waals surface area contributed by atoms with E-state index in [-0.39, 0.29) is 6.04 Å². The zero-order valence-electron chi connectivity index (χ0n) is 9.18. The lowest BCUT2D eigenvalue weighted by molar-refractivity contribution is 0.151. The predicted octanol–water partition coefficient (Wildman–Crippen LogP) is 1.28. The fraction of sp³-hybridized carbons (Fsp3) is 0.800. The van der Waals surface area contributed by atoms with Crippen molar-refractivity contribution in [2.75, 3.05) is 13.1 Å². The SMILES string of the molecule is CCN1CCCC1c1noc(C(C)O)n1. The number of likely N-dealkylation sites (tertiary alicyclic amines) is 1. The molecule has 1 aromatic heterocycles. The van der Waals surface area contributed by atoms with Gasteiger partial charge in [0.1, 0.15) is 6.10 Å². The number of rotatable bonds is 3. The Labute approximate surface area is 89.1 Å². The lowest BCUT2D eigenvalue weighted by atomic mass is 10.2. The summed E-state index contributed by atoms with van der Waals surface area (Å²) in [4.78, 5) is 6.55. The van der Waals surface area contributed by atoms with Crippen LogP contribution in [-0.2, 0) is 0 Å². The van der Waals surface area contributed by atoms with Crippen LogP contribution in [0.25, 0.3) is 0 Å². The van der Waals surface area contributed by atoms with Crippen LogP contribution < -0.4 is 0 Å². The van der Waals surface area contributed by atoms with Gasteiger partial charge in [0, 0.05) is 0 Å². The summed E-state index contributed by atoms with van der Waals surface area (Å²) in [5.74, 6) is 1.03. The standard InChI is InChI=1S/C10H17N3O2/c1-3-13-6-4-5-8(13)9-11-10(7(2)14)15-12-9/h7-8,14H,3-6H2,1-2H3. The molecule has 2 unspecified atom stereocenters. The molecule has 0 aromatic carbocycles. The highest BCUT2D eigenvalue weighted by molar-refractivity contribution is 4.98. The average Bonchev–Trinajstić information content (AvgIpc) is 2.85. The van der Waals surface area contributed by atoms with Gasteiger partial charge >= 0.3 is 0 Å². The number of aliphatic hydroxyl groups excluding tert-OH is 1. The van der Waals surface area contributed by atoms with Gasteiger partial charge in [0.05, 0.1) is 6.04 Å². The zero-order chi connectivity index (χ0) is 10.8. The molecule has 2 heterocycles. The largest absolute Gasteiger partial charge is 0.384 e. The molecule has 1 saturated heterocycles. The summed E-state index contributed by atoms with van der Waals surface area (Å²) in [7, 11) is 0. The molecule has 0 aliphatic carbocycles. The van der Waals surface area contributed by atoms with Gasteiger partial charge in [0.15, 0.2) is 5.82 Å². The van der Waals surface area contributed by atoms with Crippen LogP contribution in [0.5, 0.6) is 0 Å². The summed E-state index contributed by atoms with van der Waals surface area (Å²) >= 11 is 0. The Hall–Kier alpha value is -0.940. The Balaban J connectivity index is 2.14. The van der Waals surface area contributed by atoms with Crippen LogP contribution in [0, 0.1) is 0 Å². The van der Waals surface area contributed by atoms with Crippen molar-refractivity contribution in [3.8, 4) is 0 Å². The van der Waals surface area contributed by atoms with Crippen molar-refractivity contribution in [2.45, 2.75) is 38.8 Å². The maximum atomic E-state index is 9.29. The summed E-state index contributed by atoms with van der Waals surface area (Å²) in [5.41, 5.74) is 0. The summed E-state index contributed by atoms with van der Waals surface area (Å²) in [6.45, 7) is 5.86. The monoisotopic (exact) mass is 211 g/mol. The van der Waals surface area contributed by atoms with E-state index in [1.807, 2.05) is 0 Å². The Bertz CT molecular complexity index is 324. The topological polar surface area (TPSA) is 62.4 Å². The first-order valence-corrected chi connectivity index (χ1v) is 5.48. The van der Waals surface area contributed by atoms with Crippen LogP contribution in [0.2, 0.25) is 0 Å². The summed E-state index contributed by atoms with van der Waals surface area (Å²) in [6, 6.07) is 0.270. The van der Waals surface area contributed by atoms with Crippen molar-refractivity contribution in [1.29, 1.82) is 0 Å². The zero-order valence-corrected chi connectivity index (χ0v) is 9.18. The van der Waals surface area contributed by atoms with Crippen LogP contribution in [0.4, 0.5) is 0 Å². The first-order chi connectivity index (χ1) is 7.22. The minimum Gasteiger partial charge on any atom is -0.384 e. The molecule has 0 bridgehead atoms. The third kappa shape index (κ3) is 2.03. The molecule has 84 valence electrons. The second-order valence-electron chi connectivity index (χ2n) is 3.95. The van der Waals surface area contributed by atoms with E-state index in [1.54, 1.807) is 6.92 Å². The minimum atomic E-state index is -0.678. The number of nitrogens with zero attached hydrogens (tertiary/aromatic N) is 3. The van der Waals surface area contributed by atoms with E-state index in [4.69, 9.17) is 4.52 Å². The van der Waals surface area contributed by atoms with Crippen LogP contribution in [0.1, 0.15) is 50.6 Å².